The lowest BCUT2D eigenvalue weighted by Crippen LogP contribution is -2.13. The van der Waals surface area contributed by atoms with Crippen LogP contribution in [0.25, 0.3) is 0 Å². The summed E-state index contributed by atoms with van der Waals surface area (Å²) in [7, 11) is 0. The van der Waals surface area contributed by atoms with E-state index in [1.807, 2.05) is 22.8 Å². The third-order valence-electron chi connectivity index (χ3n) is 2.13. The van der Waals surface area contributed by atoms with E-state index in [0.717, 1.165) is 5.69 Å². The second kappa shape index (κ2) is 4.49. The summed E-state index contributed by atoms with van der Waals surface area (Å²) >= 11 is 3.18. The Morgan fingerprint density at radius 2 is 2.19 bits per heavy atom. The lowest BCUT2D eigenvalue weighted by molar-refractivity contribution is 0.764. The molecule has 0 aliphatic heterocycles. The molecule has 0 amide bonds. The molecule has 0 bridgehead atoms. The lowest BCUT2D eigenvalue weighted by Gasteiger charge is -2.07. The number of nitrogens with two attached hydrogens (primary N) is 1. The van der Waals surface area contributed by atoms with Gasteiger partial charge in [0.05, 0.1) is 22.4 Å². The molecule has 0 saturated heterocycles. The molecule has 2 aromatic heterocycles. The van der Waals surface area contributed by atoms with Gasteiger partial charge < -0.3 is 10.3 Å². The summed E-state index contributed by atoms with van der Waals surface area (Å²) in [6, 6.07) is 5.70. The van der Waals surface area contributed by atoms with Crippen LogP contribution in [0.1, 0.15) is 5.69 Å². The summed E-state index contributed by atoms with van der Waals surface area (Å²) < 4.78 is 2.28. The van der Waals surface area contributed by atoms with E-state index < -0.39 is 0 Å². The van der Waals surface area contributed by atoms with Crippen molar-refractivity contribution < 1.29 is 0 Å². The molecular formula is C11H10BrN3O. The van der Waals surface area contributed by atoms with E-state index >= 15 is 0 Å². The first-order valence-electron chi connectivity index (χ1n) is 4.72. The molecular weight excluding hydrogens is 270 g/mol. The van der Waals surface area contributed by atoms with Gasteiger partial charge >= 0.3 is 0 Å². The molecule has 0 saturated carbocycles. The van der Waals surface area contributed by atoms with Crippen molar-refractivity contribution in [2.24, 2.45) is 0 Å². The molecule has 0 aliphatic carbocycles. The van der Waals surface area contributed by atoms with Gasteiger partial charge in [-0.25, -0.2) is 0 Å². The first-order valence-corrected chi connectivity index (χ1v) is 5.51. The van der Waals surface area contributed by atoms with E-state index in [9.17, 15) is 4.79 Å². The Kier molecular flexibility index (Phi) is 3.05. The predicted molar refractivity (Wildman–Crippen MR) is 66.2 cm³/mol. The van der Waals surface area contributed by atoms with Crippen LogP contribution in [0.3, 0.4) is 0 Å². The van der Waals surface area contributed by atoms with Crippen LogP contribution in [0, 0.1) is 0 Å². The van der Waals surface area contributed by atoms with Gasteiger partial charge in [-0.1, -0.05) is 6.07 Å². The van der Waals surface area contributed by atoms with Crippen molar-refractivity contribution >= 4 is 21.6 Å². The van der Waals surface area contributed by atoms with Gasteiger partial charge in [-0.05, 0) is 28.1 Å². The van der Waals surface area contributed by atoms with E-state index in [0.29, 0.717) is 11.0 Å². The number of hydrogen-bond acceptors (Lipinski definition) is 3. The molecule has 0 spiro atoms. The van der Waals surface area contributed by atoms with Crippen LogP contribution in [-0.2, 0) is 6.54 Å². The number of halogens is 1. The summed E-state index contributed by atoms with van der Waals surface area (Å²) in [6.45, 7) is 0.587. The van der Waals surface area contributed by atoms with Crippen molar-refractivity contribution in [3.8, 4) is 0 Å². The van der Waals surface area contributed by atoms with Crippen LogP contribution < -0.4 is 11.2 Å². The van der Waals surface area contributed by atoms with Crippen LogP contribution >= 0.6 is 15.9 Å². The highest BCUT2D eigenvalue weighted by Crippen LogP contribution is 2.07. The lowest BCUT2D eigenvalue weighted by atomic mass is 10.3. The van der Waals surface area contributed by atoms with Crippen molar-refractivity contribution in [3.05, 3.63) is 57.2 Å². The maximum absolute atomic E-state index is 11.4. The summed E-state index contributed by atoms with van der Waals surface area (Å²) in [5.41, 5.74) is 6.55. The average Bonchev–Trinajstić information content (AvgIpc) is 2.27. The molecule has 82 valence electrons. The molecule has 5 heteroatoms. The zero-order valence-electron chi connectivity index (χ0n) is 8.43. The molecule has 2 heterocycles. The number of anilines is 1. The van der Waals surface area contributed by atoms with E-state index in [1.165, 1.54) is 0 Å². The van der Waals surface area contributed by atoms with Crippen LogP contribution in [0.5, 0.6) is 0 Å². The highest BCUT2D eigenvalue weighted by Gasteiger charge is 2.02. The Labute approximate surface area is 101 Å². The minimum Gasteiger partial charge on any atom is -0.394 e. The van der Waals surface area contributed by atoms with Crippen molar-refractivity contribution in [2.75, 3.05) is 5.73 Å². The Morgan fingerprint density at radius 1 is 1.38 bits per heavy atom. The van der Waals surface area contributed by atoms with Gasteiger partial charge in [0.25, 0.3) is 0 Å². The van der Waals surface area contributed by atoms with Gasteiger partial charge in [0.15, 0.2) is 0 Å². The summed E-state index contributed by atoms with van der Waals surface area (Å²) in [5, 5.41) is 0. The number of pyridine rings is 2. The molecule has 0 unspecified atom stereocenters. The molecule has 4 nitrogen and oxygen atoms in total. The highest BCUT2D eigenvalue weighted by atomic mass is 79.9. The maximum atomic E-state index is 11.4. The van der Waals surface area contributed by atoms with E-state index in [1.54, 1.807) is 18.6 Å². The van der Waals surface area contributed by atoms with Crippen LogP contribution in [0.2, 0.25) is 0 Å². The first kappa shape index (κ1) is 10.9. The third kappa shape index (κ3) is 2.30. The molecule has 0 aromatic carbocycles. The van der Waals surface area contributed by atoms with Crippen molar-refractivity contribution in [1.82, 2.24) is 9.55 Å². The summed E-state index contributed by atoms with van der Waals surface area (Å²) in [5.74, 6) is 0. The number of nitrogens with zero attached hydrogens (tertiary/aromatic N) is 2. The number of aromatic nitrogens is 2. The van der Waals surface area contributed by atoms with Crippen molar-refractivity contribution in [1.29, 1.82) is 0 Å². The molecule has 0 atom stereocenters. The first-order chi connectivity index (χ1) is 7.66. The fourth-order valence-electron chi connectivity index (χ4n) is 1.39. The van der Waals surface area contributed by atoms with Crippen LogP contribution in [0.15, 0.2) is 46.1 Å². The normalized spacial score (nSPS) is 10.3. The van der Waals surface area contributed by atoms with Gasteiger partial charge in [0.1, 0.15) is 0 Å². The maximum Gasteiger partial charge on any atom is 0.218 e. The number of nitrogen functional groups attached to an aromatic ring is 1. The van der Waals surface area contributed by atoms with Crippen LogP contribution in [-0.4, -0.2) is 9.55 Å². The van der Waals surface area contributed by atoms with Gasteiger partial charge in [-0.15, -0.1) is 0 Å². The van der Waals surface area contributed by atoms with E-state index in [-0.39, 0.29) is 11.1 Å². The zero-order chi connectivity index (χ0) is 11.5. The van der Waals surface area contributed by atoms with Crippen molar-refractivity contribution in [2.45, 2.75) is 6.54 Å². The molecule has 0 radical (unpaired) electrons. The Morgan fingerprint density at radius 3 is 2.81 bits per heavy atom. The van der Waals surface area contributed by atoms with Gasteiger partial charge in [0.2, 0.25) is 5.43 Å². The zero-order valence-corrected chi connectivity index (χ0v) is 10.0. The largest absolute Gasteiger partial charge is 0.394 e. The monoisotopic (exact) mass is 279 g/mol. The average molecular weight is 280 g/mol. The fraction of sp³-hybridized carbons (Fsp3) is 0.0909. The molecule has 16 heavy (non-hydrogen) atoms. The SMILES string of the molecule is Nc1cn(Cc2ccccn2)cc(Br)c1=O. The Hall–Kier alpha value is -1.62. The van der Waals surface area contributed by atoms with Crippen LogP contribution in [0.4, 0.5) is 5.69 Å². The minimum atomic E-state index is -0.183. The quantitative estimate of drug-likeness (QED) is 0.909. The van der Waals surface area contributed by atoms with E-state index in [2.05, 4.69) is 20.9 Å². The standard InChI is InChI=1S/C11H10BrN3O/c12-9-6-15(7-10(13)11(9)16)5-8-3-1-2-4-14-8/h1-4,6-7H,5,13H2. The molecule has 2 aromatic rings. The topological polar surface area (TPSA) is 60.9 Å². The Balaban J connectivity index is 2.33. The minimum absolute atomic E-state index is 0.183. The summed E-state index contributed by atoms with van der Waals surface area (Å²) in [4.78, 5) is 15.6. The van der Waals surface area contributed by atoms with Gasteiger partial charge in [-0.2, -0.15) is 0 Å². The van der Waals surface area contributed by atoms with Gasteiger partial charge in [0, 0.05) is 18.6 Å². The molecule has 2 rings (SSSR count). The van der Waals surface area contributed by atoms with E-state index in [4.69, 9.17) is 5.73 Å². The number of rotatable bonds is 2. The van der Waals surface area contributed by atoms with Crippen molar-refractivity contribution in [3.63, 3.8) is 0 Å². The predicted octanol–water partition coefficient (Wildman–Crippen LogP) is 1.64. The smallest absolute Gasteiger partial charge is 0.218 e. The third-order valence-corrected chi connectivity index (χ3v) is 2.70. The van der Waals surface area contributed by atoms with Gasteiger partial charge in [-0.3, -0.25) is 9.78 Å². The second-order valence-electron chi connectivity index (χ2n) is 3.38. The summed E-state index contributed by atoms with van der Waals surface area (Å²) in [6.07, 6.45) is 5.05. The highest BCUT2D eigenvalue weighted by molar-refractivity contribution is 9.10. The second-order valence-corrected chi connectivity index (χ2v) is 4.24. The Bertz CT molecular complexity index is 525. The molecule has 2 N–H and O–H groups in total. The molecule has 0 aliphatic rings. The number of hydrogen-bond donors (Lipinski definition) is 1. The fourth-order valence-corrected chi connectivity index (χ4v) is 1.88. The molecule has 0 fully saturated rings.